The standard InChI is InChI=1S/C19H31N3O/c1-3-4-12-20-19(22-14-17-6-5-7-18(17)23)21-13-16-10-8-15(2)9-11-16/h8-11,17-18,23H,3-7,12-14H2,1-2H3,(H2,20,21,22). The molecule has 0 aromatic heterocycles. The van der Waals surface area contributed by atoms with Gasteiger partial charge in [-0.2, -0.15) is 0 Å². The fourth-order valence-corrected chi connectivity index (χ4v) is 2.90. The maximum atomic E-state index is 9.95. The molecule has 1 aliphatic carbocycles. The van der Waals surface area contributed by atoms with Gasteiger partial charge < -0.3 is 15.7 Å². The summed E-state index contributed by atoms with van der Waals surface area (Å²) in [6.45, 7) is 6.69. The third kappa shape index (κ3) is 6.22. The molecule has 2 unspecified atom stereocenters. The van der Waals surface area contributed by atoms with E-state index >= 15 is 0 Å². The monoisotopic (exact) mass is 317 g/mol. The molecule has 128 valence electrons. The SMILES string of the molecule is CCCCNC(=NCc1ccc(C)cc1)NCC1CCCC1O. The van der Waals surface area contributed by atoms with Crippen molar-refractivity contribution in [2.24, 2.45) is 10.9 Å². The van der Waals surface area contributed by atoms with Crippen molar-refractivity contribution in [3.8, 4) is 0 Å². The maximum absolute atomic E-state index is 9.95. The van der Waals surface area contributed by atoms with Crippen LogP contribution in [0.4, 0.5) is 0 Å². The molecular weight excluding hydrogens is 286 g/mol. The Bertz CT molecular complexity index is 484. The maximum Gasteiger partial charge on any atom is 0.191 e. The number of aliphatic hydroxyl groups excluding tert-OH is 1. The zero-order valence-electron chi connectivity index (χ0n) is 14.5. The molecule has 1 fully saturated rings. The van der Waals surface area contributed by atoms with Crippen molar-refractivity contribution in [2.75, 3.05) is 13.1 Å². The summed E-state index contributed by atoms with van der Waals surface area (Å²) in [5.74, 6) is 1.21. The number of benzene rings is 1. The summed E-state index contributed by atoms with van der Waals surface area (Å²) in [5, 5.41) is 16.8. The molecule has 0 radical (unpaired) electrons. The Morgan fingerprint density at radius 3 is 2.65 bits per heavy atom. The van der Waals surface area contributed by atoms with E-state index in [4.69, 9.17) is 4.99 Å². The van der Waals surface area contributed by atoms with Crippen LogP contribution in [0.3, 0.4) is 0 Å². The minimum absolute atomic E-state index is 0.156. The van der Waals surface area contributed by atoms with Gasteiger partial charge in [-0.25, -0.2) is 4.99 Å². The molecule has 0 spiro atoms. The fraction of sp³-hybridized carbons (Fsp3) is 0.632. The van der Waals surface area contributed by atoms with Gasteiger partial charge in [0.25, 0.3) is 0 Å². The first-order valence-electron chi connectivity index (χ1n) is 8.95. The molecule has 0 amide bonds. The van der Waals surface area contributed by atoms with Crippen LogP contribution in [-0.2, 0) is 6.54 Å². The molecule has 2 atom stereocenters. The van der Waals surface area contributed by atoms with Gasteiger partial charge in [-0.3, -0.25) is 0 Å². The Labute approximate surface area is 140 Å². The molecule has 0 heterocycles. The zero-order chi connectivity index (χ0) is 16.5. The van der Waals surface area contributed by atoms with Crippen LogP contribution in [0.25, 0.3) is 0 Å². The highest BCUT2D eigenvalue weighted by atomic mass is 16.3. The second kappa shape index (κ2) is 9.56. The molecule has 4 nitrogen and oxygen atoms in total. The number of guanidine groups is 1. The molecule has 1 saturated carbocycles. The Hall–Kier alpha value is -1.55. The predicted molar refractivity (Wildman–Crippen MR) is 96.6 cm³/mol. The van der Waals surface area contributed by atoms with Crippen molar-refractivity contribution in [3.63, 3.8) is 0 Å². The number of aliphatic hydroxyl groups is 1. The van der Waals surface area contributed by atoms with Crippen LogP contribution in [0, 0.1) is 12.8 Å². The van der Waals surface area contributed by atoms with Gasteiger partial charge in [-0.1, -0.05) is 49.6 Å². The fourth-order valence-electron chi connectivity index (χ4n) is 2.90. The molecule has 1 aromatic rings. The number of hydrogen-bond donors (Lipinski definition) is 3. The number of nitrogens with zero attached hydrogens (tertiary/aromatic N) is 1. The Balaban J connectivity index is 1.89. The minimum Gasteiger partial charge on any atom is -0.393 e. The third-order valence-electron chi connectivity index (χ3n) is 4.51. The van der Waals surface area contributed by atoms with Gasteiger partial charge in [0, 0.05) is 19.0 Å². The second-order valence-electron chi connectivity index (χ2n) is 6.57. The number of unbranched alkanes of at least 4 members (excludes halogenated alkanes) is 1. The normalized spacial score (nSPS) is 21.4. The van der Waals surface area contributed by atoms with E-state index in [2.05, 4.69) is 48.7 Å². The summed E-state index contributed by atoms with van der Waals surface area (Å²) < 4.78 is 0. The molecule has 0 bridgehead atoms. The summed E-state index contributed by atoms with van der Waals surface area (Å²) in [7, 11) is 0. The van der Waals surface area contributed by atoms with Gasteiger partial charge in [0.05, 0.1) is 12.6 Å². The van der Waals surface area contributed by atoms with Crippen molar-refractivity contribution in [2.45, 2.75) is 58.6 Å². The van der Waals surface area contributed by atoms with Crippen LogP contribution in [0.2, 0.25) is 0 Å². The van der Waals surface area contributed by atoms with Crippen LogP contribution in [0.15, 0.2) is 29.3 Å². The van der Waals surface area contributed by atoms with Crippen LogP contribution < -0.4 is 10.6 Å². The van der Waals surface area contributed by atoms with Gasteiger partial charge >= 0.3 is 0 Å². The van der Waals surface area contributed by atoms with E-state index in [0.29, 0.717) is 12.5 Å². The van der Waals surface area contributed by atoms with E-state index in [9.17, 15) is 5.11 Å². The summed E-state index contributed by atoms with van der Waals surface area (Å²) in [6, 6.07) is 8.50. The predicted octanol–water partition coefficient (Wildman–Crippen LogP) is 2.99. The van der Waals surface area contributed by atoms with Crippen LogP contribution in [-0.4, -0.2) is 30.3 Å². The lowest BCUT2D eigenvalue weighted by molar-refractivity contribution is 0.134. The van der Waals surface area contributed by atoms with Crippen molar-refractivity contribution < 1.29 is 5.11 Å². The number of hydrogen-bond acceptors (Lipinski definition) is 2. The lowest BCUT2D eigenvalue weighted by Crippen LogP contribution is -2.41. The van der Waals surface area contributed by atoms with Crippen LogP contribution in [0.1, 0.15) is 50.2 Å². The number of rotatable bonds is 7. The largest absolute Gasteiger partial charge is 0.393 e. The van der Waals surface area contributed by atoms with E-state index in [1.54, 1.807) is 0 Å². The first kappa shape index (κ1) is 17.8. The first-order chi connectivity index (χ1) is 11.2. The minimum atomic E-state index is -0.156. The van der Waals surface area contributed by atoms with E-state index in [0.717, 1.165) is 44.7 Å². The highest BCUT2D eigenvalue weighted by Gasteiger charge is 2.24. The molecule has 3 N–H and O–H groups in total. The smallest absolute Gasteiger partial charge is 0.191 e. The van der Waals surface area contributed by atoms with Crippen molar-refractivity contribution in [1.82, 2.24) is 10.6 Å². The highest BCUT2D eigenvalue weighted by molar-refractivity contribution is 5.79. The van der Waals surface area contributed by atoms with Crippen molar-refractivity contribution in [1.29, 1.82) is 0 Å². The van der Waals surface area contributed by atoms with E-state index in [-0.39, 0.29) is 6.10 Å². The van der Waals surface area contributed by atoms with Gasteiger partial charge in [0.15, 0.2) is 5.96 Å². The molecule has 0 aliphatic heterocycles. The topological polar surface area (TPSA) is 56.7 Å². The lowest BCUT2D eigenvalue weighted by atomic mass is 10.1. The molecule has 1 aromatic carbocycles. The molecular formula is C19H31N3O. The van der Waals surface area contributed by atoms with Crippen molar-refractivity contribution >= 4 is 5.96 Å². The van der Waals surface area contributed by atoms with E-state index in [1.807, 2.05) is 0 Å². The first-order valence-corrected chi connectivity index (χ1v) is 8.95. The quantitative estimate of drug-likeness (QED) is 0.412. The molecule has 1 aliphatic rings. The molecule has 23 heavy (non-hydrogen) atoms. The Morgan fingerprint density at radius 1 is 1.22 bits per heavy atom. The molecule has 4 heteroatoms. The van der Waals surface area contributed by atoms with Crippen LogP contribution >= 0.6 is 0 Å². The summed E-state index contributed by atoms with van der Waals surface area (Å²) in [4.78, 5) is 4.69. The number of aryl methyl sites for hydroxylation is 1. The molecule has 0 saturated heterocycles. The summed E-state index contributed by atoms with van der Waals surface area (Å²) >= 11 is 0. The Morgan fingerprint density at radius 2 is 2.00 bits per heavy atom. The molecule has 2 rings (SSSR count). The van der Waals surface area contributed by atoms with E-state index < -0.39 is 0 Å². The van der Waals surface area contributed by atoms with Gasteiger partial charge in [0.2, 0.25) is 0 Å². The zero-order valence-corrected chi connectivity index (χ0v) is 14.5. The Kier molecular flexibility index (Phi) is 7.40. The average Bonchev–Trinajstić information content (AvgIpc) is 2.96. The number of aliphatic imine (C=N–C) groups is 1. The van der Waals surface area contributed by atoms with Crippen molar-refractivity contribution in [3.05, 3.63) is 35.4 Å². The second-order valence-corrected chi connectivity index (χ2v) is 6.57. The van der Waals surface area contributed by atoms with E-state index in [1.165, 1.54) is 17.5 Å². The van der Waals surface area contributed by atoms with Gasteiger partial charge in [-0.05, 0) is 31.7 Å². The van der Waals surface area contributed by atoms with Gasteiger partial charge in [0.1, 0.15) is 0 Å². The lowest BCUT2D eigenvalue weighted by Gasteiger charge is -2.18. The summed E-state index contributed by atoms with van der Waals surface area (Å²) in [5.41, 5.74) is 2.49. The van der Waals surface area contributed by atoms with Gasteiger partial charge in [-0.15, -0.1) is 0 Å². The van der Waals surface area contributed by atoms with Crippen LogP contribution in [0.5, 0.6) is 0 Å². The number of nitrogens with one attached hydrogen (secondary N) is 2. The third-order valence-corrected chi connectivity index (χ3v) is 4.51. The average molecular weight is 317 g/mol. The summed E-state index contributed by atoms with van der Waals surface area (Å²) in [6.07, 6.45) is 5.32. The highest BCUT2D eigenvalue weighted by Crippen LogP contribution is 2.24.